The predicted molar refractivity (Wildman–Crippen MR) is 123 cm³/mol. The summed E-state index contributed by atoms with van der Waals surface area (Å²) < 4.78 is 7.15. The number of nitrogens with zero attached hydrogens (tertiary/aromatic N) is 3. The summed E-state index contributed by atoms with van der Waals surface area (Å²) in [4.78, 5) is 13.6. The first-order valence-corrected chi connectivity index (χ1v) is 13.9. The zero-order valence-corrected chi connectivity index (χ0v) is 21.4. The summed E-state index contributed by atoms with van der Waals surface area (Å²) in [5, 5.41) is 3.30. The average molecular weight is 503 g/mol. The van der Waals surface area contributed by atoms with Crippen LogP contribution in [-0.2, 0) is 0 Å². The molecular formula is C23H36N4OSn. The summed E-state index contributed by atoms with van der Waals surface area (Å²) >= 11 is -0.876. The molecule has 1 N–H and O–H groups in total. The number of aromatic nitrogens is 3. The second-order valence-electron chi connectivity index (χ2n) is 7.67. The van der Waals surface area contributed by atoms with Crippen LogP contribution in [0, 0.1) is 0 Å². The van der Waals surface area contributed by atoms with Gasteiger partial charge >= 0.3 is 187 Å². The number of pyridine rings is 1. The fraction of sp³-hybridized carbons (Fsp3) is 0.609. The molecule has 2 radical (unpaired) electrons. The Morgan fingerprint density at radius 2 is 1.59 bits per heavy atom. The predicted octanol–water partition coefficient (Wildman–Crippen LogP) is 5.68. The third-order valence-corrected chi connectivity index (χ3v) is 10.5. The van der Waals surface area contributed by atoms with E-state index in [9.17, 15) is 0 Å². The Kier molecular flexibility index (Phi) is 10.7. The van der Waals surface area contributed by atoms with Gasteiger partial charge in [0.05, 0.1) is 0 Å². The SMILES string of the molecule is CCCC[C](CCCC)(CCCC)[Sn][c]1ccnc(Nc2cccnc2OC)n1. The van der Waals surface area contributed by atoms with Crippen molar-refractivity contribution in [1.29, 1.82) is 0 Å². The topological polar surface area (TPSA) is 59.9 Å². The van der Waals surface area contributed by atoms with E-state index in [1.165, 1.54) is 61.5 Å². The van der Waals surface area contributed by atoms with Gasteiger partial charge in [0.25, 0.3) is 0 Å². The second-order valence-corrected chi connectivity index (χ2v) is 12.9. The molecule has 0 spiro atoms. The molecule has 0 aliphatic heterocycles. The number of methoxy groups -OCH3 is 1. The van der Waals surface area contributed by atoms with Crippen molar-refractivity contribution in [2.24, 2.45) is 0 Å². The van der Waals surface area contributed by atoms with Crippen molar-refractivity contribution >= 4 is 36.5 Å². The van der Waals surface area contributed by atoms with Gasteiger partial charge in [0, 0.05) is 0 Å². The molecule has 0 unspecified atom stereocenters. The first kappa shape index (κ1) is 23.9. The van der Waals surface area contributed by atoms with Gasteiger partial charge in [-0.05, 0) is 0 Å². The van der Waals surface area contributed by atoms with Crippen molar-refractivity contribution in [3.8, 4) is 5.88 Å². The van der Waals surface area contributed by atoms with Crippen LogP contribution in [-0.4, -0.2) is 43.2 Å². The van der Waals surface area contributed by atoms with Crippen LogP contribution in [0.25, 0.3) is 0 Å². The number of hydrogen-bond acceptors (Lipinski definition) is 5. The molecule has 5 nitrogen and oxygen atoms in total. The Hall–Kier alpha value is -1.37. The molecule has 6 heteroatoms. The maximum absolute atomic E-state index is 5.34. The van der Waals surface area contributed by atoms with Crippen molar-refractivity contribution in [3.63, 3.8) is 0 Å². The van der Waals surface area contributed by atoms with Crippen molar-refractivity contribution in [3.05, 3.63) is 30.6 Å². The third-order valence-electron chi connectivity index (χ3n) is 5.29. The van der Waals surface area contributed by atoms with E-state index in [1.54, 1.807) is 13.3 Å². The van der Waals surface area contributed by atoms with Gasteiger partial charge in [-0.25, -0.2) is 0 Å². The summed E-state index contributed by atoms with van der Waals surface area (Å²) in [6.45, 7) is 6.93. The van der Waals surface area contributed by atoms with Gasteiger partial charge in [-0.2, -0.15) is 0 Å². The molecule has 0 saturated heterocycles. The molecule has 0 atom stereocenters. The molecule has 29 heavy (non-hydrogen) atoms. The molecule has 2 aromatic rings. The van der Waals surface area contributed by atoms with Crippen molar-refractivity contribution in [1.82, 2.24) is 15.0 Å². The van der Waals surface area contributed by atoms with Gasteiger partial charge in [-0.1, -0.05) is 0 Å². The van der Waals surface area contributed by atoms with Gasteiger partial charge < -0.3 is 0 Å². The van der Waals surface area contributed by atoms with E-state index in [0.717, 1.165) is 5.69 Å². The first-order valence-electron chi connectivity index (χ1n) is 11.0. The van der Waals surface area contributed by atoms with Crippen molar-refractivity contribution in [2.75, 3.05) is 12.4 Å². The fourth-order valence-electron chi connectivity index (χ4n) is 3.64. The fourth-order valence-corrected chi connectivity index (χ4v) is 8.68. The van der Waals surface area contributed by atoms with Gasteiger partial charge in [0.15, 0.2) is 0 Å². The van der Waals surface area contributed by atoms with Crippen molar-refractivity contribution < 1.29 is 4.74 Å². The van der Waals surface area contributed by atoms with E-state index >= 15 is 0 Å². The van der Waals surface area contributed by atoms with E-state index in [2.05, 4.69) is 42.1 Å². The zero-order valence-electron chi connectivity index (χ0n) is 18.5. The molecule has 0 amide bonds. The van der Waals surface area contributed by atoms with Gasteiger partial charge in [0.1, 0.15) is 0 Å². The van der Waals surface area contributed by atoms with Crippen LogP contribution >= 0.6 is 0 Å². The van der Waals surface area contributed by atoms with E-state index in [0.29, 0.717) is 15.3 Å². The average Bonchev–Trinajstić information content (AvgIpc) is 2.75. The summed E-state index contributed by atoms with van der Waals surface area (Å²) in [5.41, 5.74) is 0.798. The van der Waals surface area contributed by atoms with Crippen molar-refractivity contribution in [2.45, 2.75) is 82.0 Å². The summed E-state index contributed by atoms with van der Waals surface area (Å²) in [7, 11) is 1.63. The van der Waals surface area contributed by atoms with Crippen LogP contribution < -0.4 is 13.8 Å². The molecule has 158 valence electrons. The second kappa shape index (κ2) is 13.0. The first-order chi connectivity index (χ1) is 14.2. The monoisotopic (exact) mass is 504 g/mol. The van der Waals surface area contributed by atoms with Crippen LogP contribution in [0.15, 0.2) is 30.6 Å². The van der Waals surface area contributed by atoms with Crippen LogP contribution in [0.4, 0.5) is 11.6 Å². The van der Waals surface area contributed by atoms with E-state index < -0.39 is 21.1 Å². The molecular weight excluding hydrogens is 467 g/mol. The van der Waals surface area contributed by atoms with Crippen LogP contribution in [0.1, 0.15) is 78.6 Å². The van der Waals surface area contributed by atoms with Crippen LogP contribution in [0.5, 0.6) is 5.88 Å². The summed E-state index contributed by atoms with van der Waals surface area (Å²) in [6, 6.07) is 5.98. The van der Waals surface area contributed by atoms with Gasteiger partial charge in [-0.15, -0.1) is 0 Å². The molecule has 0 aliphatic rings. The molecule has 0 aliphatic carbocycles. The zero-order chi connectivity index (χ0) is 21.0. The van der Waals surface area contributed by atoms with Crippen LogP contribution in [0.2, 0.25) is 3.43 Å². The summed E-state index contributed by atoms with van der Waals surface area (Å²) in [5.74, 6) is 1.20. The normalized spacial score (nSPS) is 11.4. The third kappa shape index (κ3) is 7.76. The molecule has 0 aromatic carbocycles. The molecule has 0 fully saturated rings. The number of anilines is 2. The standard InChI is InChI=1S/C13H27.C10H9N4O.Sn/c1-4-7-10-13(11-8-5-2)12-9-6-3;1-15-9-8(4-2-5-11-9)14-10-12-6-3-7-13-10;/h4-12H2,1-3H3;2-6H,1H3,(H,12,13,14);. The number of rotatable bonds is 14. The molecule has 0 bridgehead atoms. The molecule has 2 heterocycles. The summed E-state index contributed by atoms with van der Waals surface area (Å²) in [6.07, 6.45) is 15.5. The minimum absolute atomic E-state index is 0.517. The Balaban J connectivity index is 2.22. The Labute approximate surface area is 186 Å². The Morgan fingerprint density at radius 3 is 2.17 bits per heavy atom. The number of nitrogens with one attached hydrogen (secondary N) is 1. The van der Waals surface area contributed by atoms with Gasteiger partial charge in [-0.3, -0.25) is 0 Å². The van der Waals surface area contributed by atoms with Gasteiger partial charge in [0.2, 0.25) is 0 Å². The van der Waals surface area contributed by atoms with Crippen LogP contribution in [0.3, 0.4) is 0 Å². The maximum atomic E-state index is 5.34. The molecule has 2 aromatic heterocycles. The minimum atomic E-state index is -0.876. The number of unbranched alkanes of at least 4 members (excludes halogenated alkanes) is 3. The van der Waals surface area contributed by atoms with E-state index in [1.807, 2.05) is 18.3 Å². The Morgan fingerprint density at radius 1 is 0.931 bits per heavy atom. The Bertz CT molecular complexity index is 704. The van der Waals surface area contributed by atoms with E-state index in [4.69, 9.17) is 9.72 Å². The quantitative estimate of drug-likeness (QED) is 0.336. The van der Waals surface area contributed by atoms with E-state index in [-0.39, 0.29) is 0 Å². The number of hydrogen-bond donors (Lipinski definition) is 1. The molecule has 2 rings (SSSR count). The molecule has 0 saturated carbocycles. The number of ether oxygens (including phenoxy) is 1.